The van der Waals surface area contributed by atoms with Gasteiger partial charge in [-0.15, -0.1) is 0 Å². The summed E-state index contributed by atoms with van der Waals surface area (Å²) in [6.07, 6.45) is 2.92. The SMILES string of the molecule is Cc1ccc(Nc2cnc(C(=O)Nc3ccc(C#N)cc3)cn2)cc1. The number of rotatable bonds is 4. The van der Waals surface area contributed by atoms with Crippen LogP contribution in [0.2, 0.25) is 0 Å². The molecule has 6 nitrogen and oxygen atoms in total. The third kappa shape index (κ3) is 4.18. The highest BCUT2D eigenvalue weighted by Gasteiger charge is 2.08. The molecule has 1 aromatic heterocycles. The molecule has 6 heteroatoms. The molecule has 1 amide bonds. The van der Waals surface area contributed by atoms with E-state index in [1.165, 1.54) is 18.0 Å². The molecule has 3 aromatic rings. The van der Waals surface area contributed by atoms with Crippen molar-refractivity contribution in [3.05, 3.63) is 77.7 Å². The maximum absolute atomic E-state index is 12.2. The van der Waals surface area contributed by atoms with Crippen LogP contribution in [0.15, 0.2) is 60.9 Å². The molecule has 25 heavy (non-hydrogen) atoms. The van der Waals surface area contributed by atoms with E-state index in [2.05, 4.69) is 20.6 Å². The number of nitrogens with zero attached hydrogens (tertiary/aromatic N) is 3. The standard InChI is InChI=1S/C19H15N5O/c1-13-2-6-15(7-3-13)23-18-12-21-17(11-22-18)19(25)24-16-8-4-14(10-20)5-9-16/h2-9,11-12H,1H3,(H,22,23)(H,24,25). The third-order valence-corrected chi connectivity index (χ3v) is 3.48. The number of anilines is 3. The molecule has 0 spiro atoms. The van der Waals surface area contributed by atoms with E-state index in [4.69, 9.17) is 5.26 Å². The minimum absolute atomic E-state index is 0.207. The molecule has 0 aliphatic rings. The van der Waals surface area contributed by atoms with Crippen LogP contribution in [0.3, 0.4) is 0 Å². The van der Waals surface area contributed by atoms with Crippen LogP contribution < -0.4 is 10.6 Å². The Bertz CT molecular complexity index is 910. The van der Waals surface area contributed by atoms with Gasteiger partial charge in [0.15, 0.2) is 0 Å². The van der Waals surface area contributed by atoms with Crippen molar-refractivity contribution in [2.45, 2.75) is 6.92 Å². The minimum atomic E-state index is -0.362. The predicted molar refractivity (Wildman–Crippen MR) is 95.6 cm³/mol. The van der Waals surface area contributed by atoms with E-state index in [1.807, 2.05) is 37.3 Å². The van der Waals surface area contributed by atoms with Crippen LogP contribution in [0.5, 0.6) is 0 Å². The lowest BCUT2D eigenvalue weighted by Gasteiger charge is -2.07. The fourth-order valence-corrected chi connectivity index (χ4v) is 2.12. The van der Waals surface area contributed by atoms with Crippen LogP contribution in [0.4, 0.5) is 17.2 Å². The molecule has 0 unspecified atom stereocenters. The molecule has 0 aliphatic heterocycles. The van der Waals surface area contributed by atoms with Crippen molar-refractivity contribution in [2.24, 2.45) is 0 Å². The molecule has 0 saturated heterocycles. The number of hydrogen-bond donors (Lipinski definition) is 2. The normalized spacial score (nSPS) is 9.92. The molecule has 0 fully saturated rings. The Kier molecular flexibility index (Phi) is 4.67. The second kappa shape index (κ2) is 7.23. The van der Waals surface area contributed by atoms with Gasteiger partial charge in [0.2, 0.25) is 0 Å². The molecule has 0 saturated carbocycles. The number of hydrogen-bond acceptors (Lipinski definition) is 5. The summed E-state index contributed by atoms with van der Waals surface area (Å²) in [5, 5.41) is 14.6. The first kappa shape index (κ1) is 16.1. The first-order valence-electron chi connectivity index (χ1n) is 7.61. The average Bonchev–Trinajstić information content (AvgIpc) is 2.65. The maximum Gasteiger partial charge on any atom is 0.275 e. The number of carbonyl (C=O) groups excluding carboxylic acids is 1. The molecule has 0 atom stereocenters. The smallest absolute Gasteiger partial charge is 0.275 e. The quantitative estimate of drug-likeness (QED) is 0.762. The molecule has 1 heterocycles. The van der Waals surface area contributed by atoms with Crippen molar-refractivity contribution in [3.8, 4) is 6.07 Å². The van der Waals surface area contributed by atoms with Gasteiger partial charge in [0.05, 0.1) is 24.0 Å². The van der Waals surface area contributed by atoms with Crippen LogP contribution in [0.25, 0.3) is 0 Å². The van der Waals surface area contributed by atoms with E-state index in [9.17, 15) is 4.79 Å². The van der Waals surface area contributed by atoms with Gasteiger partial charge in [-0.1, -0.05) is 17.7 Å². The van der Waals surface area contributed by atoms with Gasteiger partial charge in [-0.2, -0.15) is 5.26 Å². The van der Waals surface area contributed by atoms with E-state index >= 15 is 0 Å². The second-order valence-electron chi connectivity index (χ2n) is 5.42. The molecule has 122 valence electrons. The number of aromatic nitrogens is 2. The summed E-state index contributed by atoms with van der Waals surface area (Å²) in [5.74, 6) is 0.192. The summed E-state index contributed by atoms with van der Waals surface area (Å²) in [6, 6.07) is 16.5. The highest BCUT2D eigenvalue weighted by molar-refractivity contribution is 6.02. The predicted octanol–water partition coefficient (Wildman–Crippen LogP) is 3.65. The Morgan fingerprint density at radius 3 is 2.24 bits per heavy atom. The van der Waals surface area contributed by atoms with Gasteiger partial charge in [-0.3, -0.25) is 4.79 Å². The second-order valence-corrected chi connectivity index (χ2v) is 5.42. The lowest BCUT2D eigenvalue weighted by molar-refractivity contribution is 0.102. The molecular formula is C19H15N5O. The molecular weight excluding hydrogens is 314 g/mol. The lowest BCUT2D eigenvalue weighted by Crippen LogP contribution is -2.14. The van der Waals surface area contributed by atoms with Crippen molar-refractivity contribution in [2.75, 3.05) is 10.6 Å². The topological polar surface area (TPSA) is 90.7 Å². The summed E-state index contributed by atoms with van der Waals surface area (Å²) in [7, 11) is 0. The van der Waals surface area contributed by atoms with Crippen molar-refractivity contribution in [1.82, 2.24) is 9.97 Å². The largest absolute Gasteiger partial charge is 0.339 e. The monoisotopic (exact) mass is 329 g/mol. The van der Waals surface area contributed by atoms with E-state index in [-0.39, 0.29) is 11.6 Å². The summed E-state index contributed by atoms with van der Waals surface area (Å²) < 4.78 is 0. The molecule has 2 aromatic carbocycles. The Morgan fingerprint density at radius 1 is 0.960 bits per heavy atom. The summed E-state index contributed by atoms with van der Waals surface area (Å²) in [4.78, 5) is 20.5. The van der Waals surface area contributed by atoms with Crippen LogP contribution in [0.1, 0.15) is 21.6 Å². The van der Waals surface area contributed by atoms with Crippen molar-refractivity contribution < 1.29 is 4.79 Å². The first-order chi connectivity index (χ1) is 12.1. The number of amides is 1. The van der Waals surface area contributed by atoms with E-state index in [0.29, 0.717) is 17.1 Å². The van der Waals surface area contributed by atoms with Gasteiger partial charge in [0.25, 0.3) is 5.91 Å². The lowest BCUT2D eigenvalue weighted by atomic mass is 10.2. The average molecular weight is 329 g/mol. The minimum Gasteiger partial charge on any atom is -0.339 e. The Hall–Kier alpha value is -3.72. The molecule has 2 N–H and O–H groups in total. The first-order valence-corrected chi connectivity index (χ1v) is 7.61. The highest BCUT2D eigenvalue weighted by Crippen LogP contribution is 2.15. The molecule has 0 radical (unpaired) electrons. The fraction of sp³-hybridized carbons (Fsp3) is 0.0526. The molecule has 3 rings (SSSR count). The zero-order chi connectivity index (χ0) is 17.6. The Morgan fingerprint density at radius 2 is 1.64 bits per heavy atom. The highest BCUT2D eigenvalue weighted by atomic mass is 16.1. The van der Waals surface area contributed by atoms with E-state index in [0.717, 1.165) is 5.69 Å². The Labute approximate surface area is 145 Å². The van der Waals surface area contributed by atoms with Crippen LogP contribution in [0, 0.1) is 18.3 Å². The van der Waals surface area contributed by atoms with Crippen molar-refractivity contribution >= 4 is 23.1 Å². The molecule has 0 aliphatic carbocycles. The van der Waals surface area contributed by atoms with Gasteiger partial charge in [0.1, 0.15) is 11.5 Å². The van der Waals surface area contributed by atoms with Crippen LogP contribution >= 0.6 is 0 Å². The number of benzene rings is 2. The van der Waals surface area contributed by atoms with Crippen LogP contribution in [-0.2, 0) is 0 Å². The van der Waals surface area contributed by atoms with E-state index in [1.54, 1.807) is 24.3 Å². The summed E-state index contributed by atoms with van der Waals surface area (Å²) >= 11 is 0. The maximum atomic E-state index is 12.2. The summed E-state index contributed by atoms with van der Waals surface area (Å²) in [6.45, 7) is 2.02. The zero-order valence-corrected chi connectivity index (χ0v) is 13.5. The van der Waals surface area contributed by atoms with Crippen molar-refractivity contribution in [1.29, 1.82) is 5.26 Å². The fourth-order valence-electron chi connectivity index (χ4n) is 2.12. The number of nitrogens with one attached hydrogen (secondary N) is 2. The van der Waals surface area contributed by atoms with E-state index < -0.39 is 0 Å². The molecule has 0 bridgehead atoms. The summed E-state index contributed by atoms with van der Waals surface area (Å²) in [5.41, 5.74) is 3.40. The number of nitriles is 1. The van der Waals surface area contributed by atoms with Crippen LogP contribution in [-0.4, -0.2) is 15.9 Å². The number of aryl methyl sites for hydroxylation is 1. The Balaban J connectivity index is 1.65. The third-order valence-electron chi connectivity index (χ3n) is 3.48. The van der Waals surface area contributed by atoms with Gasteiger partial charge in [-0.25, -0.2) is 9.97 Å². The zero-order valence-electron chi connectivity index (χ0n) is 13.5. The van der Waals surface area contributed by atoms with Gasteiger partial charge in [0, 0.05) is 11.4 Å². The van der Waals surface area contributed by atoms with Crippen molar-refractivity contribution in [3.63, 3.8) is 0 Å². The van der Waals surface area contributed by atoms with Gasteiger partial charge in [-0.05, 0) is 43.3 Å². The van der Waals surface area contributed by atoms with Gasteiger partial charge < -0.3 is 10.6 Å². The number of carbonyl (C=O) groups is 1. The van der Waals surface area contributed by atoms with Gasteiger partial charge >= 0.3 is 0 Å².